The fourth-order valence-electron chi connectivity index (χ4n) is 1.63. The molecule has 88 valence electrons. The molecule has 1 nitrogen and oxygen atoms in total. The van der Waals surface area contributed by atoms with Crippen molar-refractivity contribution in [3.63, 3.8) is 0 Å². The van der Waals surface area contributed by atoms with Crippen molar-refractivity contribution < 1.29 is 4.39 Å². The molecule has 0 saturated heterocycles. The van der Waals surface area contributed by atoms with E-state index in [1.165, 1.54) is 23.3 Å². The van der Waals surface area contributed by atoms with Gasteiger partial charge in [-0.05, 0) is 58.8 Å². The first-order valence-corrected chi connectivity index (χ1v) is 6.48. The van der Waals surface area contributed by atoms with Gasteiger partial charge in [-0.25, -0.2) is 4.39 Å². The molecule has 0 heterocycles. The van der Waals surface area contributed by atoms with Crippen molar-refractivity contribution in [2.45, 2.75) is 13.5 Å². The van der Waals surface area contributed by atoms with E-state index >= 15 is 0 Å². The number of hydrogen-bond donors (Lipinski definition) is 1. The van der Waals surface area contributed by atoms with Crippen LogP contribution in [0.4, 0.5) is 10.1 Å². The normalized spacial score (nSPS) is 10.3. The molecule has 2 aromatic carbocycles. The Hall–Kier alpha value is -1.10. The van der Waals surface area contributed by atoms with Gasteiger partial charge < -0.3 is 5.32 Å². The van der Waals surface area contributed by atoms with Gasteiger partial charge in [-0.2, -0.15) is 0 Å². The molecular formula is C14H13FIN. The van der Waals surface area contributed by atoms with Gasteiger partial charge in [0, 0.05) is 15.8 Å². The lowest BCUT2D eigenvalue weighted by Gasteiger charge is -2.10. The van der Waals surface area contributed by atoms with Crippen molar-refractivity contribution in [3.8, 4) is 0 Å². The fourth-order valence-corrected chi connectivity index (χ4v) is 2.30. The summed E-state index contributed by atoms with van der Waals surface area (Å²) in [6.45, 7) is 2.85. The minimum atomic E-state index is -0.198. The average Bonchev–Trinajstić information content (AvgIpc) is 2.30. The molecule has 0 atom stereocenters. The van der Waals surface area contributed by atoms with Gasteiger partial charge in [0.05, 0.1) is 0 Å². The third-order valence-corrected chi connectivity index (χ3v) is 3.55. The van der Waals surface area contributed by atoms with Gasteiger partial charge in [-0.15, -0.1) is 0 Å². The lowest BCUT2D eigenvalue weighted by atomic mass is 10.1. The Balaban J connectivity index is 2.10. The Morgan fingerprint density at radius 1 is 1.18 bits per heavy atom. The number of nitrogens with one attached hydrogen (secondary N) is 1. The summed E-state index contributed by atoms with van der Waals surface area (Å²) in [6.07, 6.45) is 0. The van der Waals surface area contributed by atoms with Gasteiger partial charge in [0.2, 0.25) is 0 Å². The zero-order valence-electron chi connectivity index (χ0n) is 9.50. The average molecular weight is 341 g/mol. The molecule has 0 saturated carbocycles. The maximum Gasteiger partial charge on any atom is 0.124 e. The summed E-state index contributed by atoms with van der Waals surface area (Å²) in [5, 5.41) is 3.32. The minimum absolute atomic E-state index is 0.198. The van der Waals surface area contributed by atoms with Crippen LogP contribution in [0, 0.1) is 16.3 Å². The molecule has 2 rings (SSSR count). The first-order valence-electron chi connectivity index (χ1n) is 5.40. The molecule has 0 aliphatic rings. The number of anilines is 1. The summed E-state index contributed by atoms with van der Waals surface area (Å²) in [5.74, 6) is -0.198. The number of halogens is 2. The van der Waals surface area contributed by atoms with Crippen LogP contribution >= 0.6 is 22.6 Å². The Morgan fingerprint density at radius 3 is 2.65 bits per heavy atom. The van der Waals surface area contributed by atoms with Crippen LogP contribution in [0.2, 0.25) is 0 Å². The number of aryl methyl sites for hydroxylation is 1. The van der Waals surface area contributed by atoms with Crippen molar-refractivity contribution in [3.05, 3.63) is 63.0 Å². The molecular weight excluding hydrogens is 328 g/mol. The van der Waals surface area contributed by atoms with E-state index in [1.54, 1.807) is 6.07 Å². The first kappa shape index (κ1) is 12.4. The van der Waals surface area contributed by atoms with Gasteiger partial charge in [0.1, 0.15) is 5.82 Å². The van der Waals surface area contributed by atoms with Crippen molar-refractivity contribution in [1.82, 2.24) is 0 Å². The maximum absolute atomic E-state index is 12.9. The third-order valence-electron chi connectivity index (χ3n) is 2.66. The standard InChI is InChI=1S/C14H13FIN/c1-10-4-2-3-5-11(10)9-17-14-7-6-12(15)8-13(14)16/h2-8,17H,9H2,1H3. The van der Waals surface area contributed by atoms with Crippen molar-refractivity contribution in [2.75, 3.05) is 5.32 Å². The molecule has 3 heteroatoms. The van der Waals surface area contributed by atoms with E-state index in [2.05, 4.69) is 47.0 Å². The number of benzene rings is 2. The van der Waals surface area contributed by atoms with E-state index in [-0.39, 0.29) is 5.82 Å². The van der Waals surface area contributed by atoms with Crippen molar-refractivity contribution in [2.24, 2.45) is 0 Å². The predicted octanol–water partition coefficient (Wildman–Crippen LogP) is 4.35. The first-order chi connectivity index (χ1) is 8.16. The van der Waals surface area contributed by atoms with Crippen LogP contribution in [-0.4, -0.2) is 0 Å². The summed E-state index contributed by atoms with van der Waals surface area (Å²) in [5.41, 5.74) is 3.49. The quantitative estimate of drug-likeness (QED) is 0.819. The molecule has 0 aliphatic heterocycles. The lowest BCUT2D eigenvalue weighted by molar-refractivity contribution is 0.627. The second-order valence-corrected chi connectivity index (χ2v) is 5.07. The zero-order chi connectivity index (χ0) is 12.3. The molecule has 0 aromatic heterocycles. The molecule has 0 unspecified atom stereocenters. The number of hydrogen-bond acceptors (Lipinski definition) is 1. The highest BCUT2D eigenvalue weighted by molar-refractivity contribution is 14.1. The fraction of sp³-hybridized carbons (Fsp3) is 0.143. The van der Waals surface area contributed by atoms with Crippen molar-refractivity contribution in [1.29, 1.82) is 0 Å². The highest BCUT2D eigenvalue weighted by Gasteiger charge is 2.02. The summed E-state index contributed by atoms with van der Waals surface area (Å²) >= 11 is 2.13. The van der Waals surface area contributed by atoms with Gasteiger partial charge in [-0.3, -0.25) is 0 Å². The zero-order valence-corrected chi connectivity index (χ0v) is 11.7. The molecule has 0 aliphatic carbocycles. The largest absolute Gasteiger partial charge is 0.380 e. The van der Waals surface area contributed by atoms with Crippen LogP contribution in [-0.2, 0) is 6.54 Å². The second kappa shape index (κ2) is 5.49. The summed E-state index contributed by atoms with van der Waals surface area (Å²) in [6, 6.07) is 13.0. The molecule has 2 aromatic rings. The highest BCUT2D eigenvalue weighted by atomic mass is 127. The van der Waals surface area contributed by atoms with Gasteiger partial charge >= 0.3 is 0 Å². The lowest BCUT2D eigenvalue weighted by Crippen LogP contribution is -2.02. The molecule has 0 amide bonds. The summed E-state index contributed by atoms with van der Waals surface area (Å²) in [4.78, 5) is 0. The van der Waals surface area contributed by atoms with Crippen LogP contribution in [0.5, 0.6) is 0 Å². The molecule has 17 heavy (non-hydrogen) atoms. The Morgan fingerprint density at radius 2 is 1.94 bits per heavy atom. The number of rotatable bonds is 3. The molecule has 0 bridgehead atoms. The smallest absolute Gasteiger partial charge is 0.124 e. The third kappa shape index (κ3) is 3.19. The van der Waals surface area contributed by atoms with Gasteiger partial charge in [0.15, 0.2) is 0 Å². The van der Waals surface area contributed by atoms with E-state index in [0.29, 0.717) is 0 Å². The molecule has 0 radical (unpaired) electrons. The van der Waals surface area contributed by atoms with Crippen LogP contribution < -0.4 is 5.32 Å². The highest BCUT2D eigenvalue weighted by Crippen LogP contribution is 2.20. The summed E-state index contributed by atoms with van der Waals surface area (Å²) in [7, 11) is 0. The van der Waals surface area contributed by atoms with Crippen LogP contribution in [0.3, 0.4) is 0 Å². The van der Waals surface area contributed by atoms with Crippen LogP contribution in [0.25, 0.3) is 0 Å². The Labute approximate surface area is 114 Å². The molecule has 0 fully saturated rings. The van der Waals surface area contributed by atoms with Gasteiger partial charge in [0.25, 0.3) is 0 Å². The van der Waals surface area contributed by atoms with Gasteiger partial charge in [-0.1, -0.05) is 24.3 Å². The van der Waals surface area contributed by atoms with E-state index in [1.807, 2.05) is 12.1 Å². The predicted molar refractivity (Wildman–Crippen MR) is 77.6 cm³/mol. The minimum Gasteiger partial charge on any atom is -0.380 e. The van der Waals surface area contributed by atoms with E-state index in [9.17, 15) is 4.39 Å². The van der Waals surface area contributed by atoms with Crippen LogP contribution in [0.15, 0.2) is 42.5 Å². The maximum atomic E-state index is 12.9. The Kier molecular flexibility index (Phi) is 3.99. The van der Waals surface area contributed by atoms with E-state index < -0.39 is 0 Å². The topological polar surface area (TPSA) is 12.0 Å². The SMILES string of the molecule is Cc1ccccc1CNc1ccc(F)cc1I. The molecule has 1 N–H and O–H groups in total. The van der Waals surface area contributed by atoms with E-state index in [4.69, 9.17) is 0 Å². The second-order valence-electron chi connectivity index (χ2n) is 3.90. The monoisotopic (exact) mass is 341 g/mol. The van der Waals surface area contributed by atoms with Crippen molar-refractivity contribution >= 4 is 28.3 Å². The summed E-state index contributed by atoms with van der Waals surface area (Å²) < 4.78 is 13.8. The Bertz CT molecular complexity index is 525. The van der Waals surface area contributed by atoms with Crippen LogP contribution in [0.1, 0.15) is 11.1 Å². The molecule has 0 spiro atoms. The van der Waals surface area contributed by atoms with E-state index in [0.717, 1.165) is 15.8 Å².